The summed E-state index contributed by atoms with van der Waals surface area (Å²) in [6, 6.07) is 0. The van der Waals surface area contributed by atoms with E-state index < -0.39 is 0 Å². The monoisotopic (exact) mass is 131 g/mol. The van der Waals surface area contributed by atoms with Crippen molar-refractivity contribution in [3.8, 4) is 0 Å². The van der Waals surface area contributed by atoms with Gasteiger partial charge in [0.1, 0.15) is 0 Å². The van der Waals surface area contributed by atoms with E-state index in [1.807, 2.05) is 0 Å². The van der Waals surface area contributed by atoms with Crippen LogP contribution in [0.3, 0.4) is 0 Å². The van der Waals surface area contributed by atoms with Crippen LogP contribution in [0, 0.1) is 0 Å². The Morgan fingerprint density at radius 2 is 2.38 bits per heavy atom. The number of rotatable bonds is 4. The highest BCUT2D eigenvalue weighted by Crippen LogP contribution is 2.04. The minimum atomic E-state index is 0.817. The zero-order chi connectivity index (χ0) is 6.24. The fraction of sp³-hybridized carbons (Fsp3) is 0.667. The van der Waals surface area contributed by atoms with Gasteiger partial charge in [-0.25, -0.2) is 0 Å². The van der Waals surface area contributed by atoms with E-state index in [-0.39, 0.29) is 0 Å². The largest absolute Gasteiger partial charge is 0.330 e. The Balaban J connectivity index is 2.80. The quantitative estimate of drug-likeness (QED) is 0.454. The second kappa shape index (κ2) is 7.13. The van der Waals surface area contributed by atoms with Gasteiger partial charge in [0.15, 0.2) is 0 Å². The van der Waals surface area contributed by atoms with E-state index in [1.165, 1.54) is 0 Å². The Morgan fingerprint density at radius 3 is 2.88 bits per heavy atom. The molecule has 2 N–H and O–H groups in total. The van der Waals surface area contributed by atoms with E-state index in [4.69, 9.17) is 5.73 Å². The summed E-state index contributed by atoms with van der Waals surface area (Å²) >= 11 is 0. The average molecular weight is 131 g/mol. The number of hydrogen-bond donors (Lipinski definition) is 1. The van der Waals surface area contributed by atoms with Crippen LogP contribution in [-0.2, 0) is 0 Å². The summed E-state index contributed by atoms with van der Waals surface area (Å²) in [5.41, 5.74) is 5.28. The summed E-state index contributed by atoms with van der Waals surface area (Å²) in [7, 11) is 0.948. The van der Waals surface area contributed by atoms with Crippen LogP contribution in [0.25, 0.3) is 0 Å². The van der Waals surface area contributed by atoms with Crippen LogP contribution in [-0.4, -0.2) is 13.2 Å². The Hall–Kier alpha value is 0.130. The van der Waals surface area contributed by atoms with E-state index in [9.17, 15) is 0 Å². The molecule has 8 heavy (non-hydrogen) atoms. The number of nitrogens with two attached hydrogens (primary N) is 1. The smallest absolute Gasteiger partial charge is 0.00743 e. The van der Waals surface area contributed by atoms with Gasteiger partial charge in [0.25, 0.3) is 0 Å². The van der Waals surface area contributed by atoms with Crippen molar-refractivity contribution in [2.45, 2.75) is 12.8 Å². The standard InChI is InChI=1S/C6H14NP/c1-8-6-4-2-3-5-7/h4,6,8H,2-3,5,7H2,1H3/b6-4-. The van der Waals surface area contributed by atoms with Gasteiger partial charge in [-0.3, -0.25) is 0 Å². The van der Waals surface area contributed by atoms with E-state index in [0.717, 1.165) is 28.0 Å². The Labute approximate surface area is 53.1 Å². The van der Waals surface area contributed by atoms with Gasteiger partial charge in [0, 0.05) is 0 Å². The van der Waals surface area contributed by atoms with Gasteiger partial charge >= 0.3 is 0 Å². The first kappa shape index (κ1) is 8.13. The summed E-state index contributed by atoms with van der Waals surface area (Å²) in [6.45, 7) is 2.98. The molecule has 1 nitrogen and oxygen atoms in total. The van der Waals surface area contributed by atoms with Gasteiger partial charge in [-0.1, -0.05) is 11.9 Å². The highest BCUT2D eigenvalue weighted by atomic mass is 31.1. The molecule has 0 fully saturated rings. The van der Waals surface area contributed by atoms with Gasteiger partial charge < -0.3 is 5.73 Å². The van der Waals surface area contributed by atoms with E-state index in [1.54, 1.807) is 0 Å². The molecule has 0 aliphatic heterocycles. The zero-order valence-electron chi connectivity index (χ0n) is 5.35. The topological polar surface area (TPSA) is 26.0 Å². The molecule has 0 amide bonds. The van der Waals surface area contributed by atoms with Crippen LogP contribution in [0.2, 0.25) is 0 Å². The lowest BCUT2D eigenvalue weighted by Gasteiger charge is -1.85. The van der Waals surface area contributed by atoms with Crippen molar-refractivity contribution >= 4 is 8.58 Å². The lowest BCUT2D eigenvalue weighted by atomic mass is 10.3. The van der Waals surface area contributed by atoms with Crippen LogP contribution < -0.4 is 5.73 Å². The molecule has 0 aliphatic rings. The van der Waals surface area contributed by atoms with Crippen LogP contribution in [0.15, 0.2) is 11.9 Å². The highest BCUT2D eigenvalue weighted by molar-refractivity contribution is 7.40. The molecule has 0 aliphatic carbocycles. The Kier molecular flexibility index (Phi) is 7.25. The minimum Gasteiger partial charge on any atom is -0.330 e. The van der Waals surface area contributed by atoms with Crippen LogP contribution in [0.5, 0.6) is 0 Å². The predicted molar refractivity (Wildman–Crippen MR) is 41.7 cm³/mol. The van der Waals surface area contributed by atoms with Crippen LogP contribution in [0.4, 0.5) is 0 Å². The van der Waals surface area contributed by atoms with Gasteiger partial charge in [0.05, 0.1) is 0 Å². The third kappa shape index (κ3) is 6.13. The molecule has 0 aromatic heterocycles. The fourth-order valence-corrected chi connectivity index (χ4v) is 0.839. The molecule has 48 valence electrons. The van der Waals surface area contributed by atoms with Crippen molar-refractivity contribution < 1.29 is 0 Å². The molecule has 0 saturated carbocycles. The molecule has 0 aromatic carbocycles. The van der Waals surface area contributed by atoms with Crippen molar-refractivity contribution in [2.24, 2.45) is 5.73 Å². The zero-order valence-corrected chi connectivity index (χ0v) is 6.35. The molecule has 0 heterocycles. The fourth-order valence-electron chi connectivity index (χ4n) is 0.437. The SMILES string of the molecule is CP/C=C\CCCN. The summed E-state index contributed by atoms with van der Waals surface area (Å²) in [6.07, 6.45) is 4.48. The maximum absolute atomic E-state index is 5.28. The second-order valence-electron chi connectivity index (χ2n) is 1.62. The number of unbranched alkanes of at least 4 members (excludes halogenated alkanes) is 1. The summed E-state index contributed by atoms with van der Waals surface area (Å²) in [4.78, 5) is 0. The molecule has 1 unspecified atom stereocenters. The first-order valence-electron chi connectivity index (χ1n) is 2.94. The van der Waals surface area contributed by atoms with Gasteiger partial charge in [-0.2, -0.15) is 0 Å². The summed E-state index contributed by atoms with van der Waals surface area (Å²) in [5.74, 6) is 2.20. The predicted octanol–water partition coefficient (Wildman–Crippen LogP) is 1.55. The Morgan fingerprint density at radius 1 is 1.62 bits per heavy atom. The molecule has 0 aromatic rings. The van der Waals surface area contributed by atoms with Crippen molar-refractivity contribution in [3.05, 3.63) is 11.9 Å². The van der Waals surface area contributed by atoms with Gasteiger partial charge in [-0.15, -0.1) is 8.58 Å². The van der Waals surface area contributed by atoms with Gasteiger partial charge in [-0.05, 0) is 26.1 Å². The molecular weight excluding hydrogens is 117 g/mol. The molecule has 1 atom stereocenters. The second-order valence-corrected chi connectivity index (χ2v) is 2.53. The molecule has 0 saturated heterocycles. The maximum atomic E-state index is 5.28. The normalized spacial score (nSPS) is 12.2. The van der Waals surface area contributed by atoms with E-state index in [2.05, 4.69) is 18.6 Å². The highest BCUT2D eigenvalue weighted by Gasteiger charge is 1.74. The van der Waals surface area contributed by atoms with Crippen LogP contribution in [0.1, 0.15) is 12.8 Å². The van der Waals surface area contributed by atoms with E-state index >= 15 is 0 Å². The van der Waals surface area contributed by atoms with Crippen molar-refractivity contribution in [1.82, 2.24) is 0 Å². The Bertz CT molecular complexity index is 61.5. The average Bonchev–Trinajstić information content (AvgIpc) is 1.81. The number of allylic oxidation sites excluding steroid dienone is 1. The number of hydrogen-bond acceptors (Lipinski definition) is 1. The third-order valence-corrected chi connectivity index (χ3v) is 1.43. The first-order chi connectivity index (χ1) is 3.91. The molecule has 0 radical (unpaired) electrons. The lowest BCUT2D eigenvalue weighted by Crippen LogP contribution is -1.96. The molecule has 2 heteroatoms. The summed E-state index contributed by atoms with van der Waals surface area (Å²) < 4.78 is 0. The van der Waals surface area contributed by atoms with Crippen molar-refractivity contribution in [1.29, 1.82) is 0 Å². The van der Waals surface area contributed by atoms with Crippen LogP contribution >= 0.6 is 8.58 Å². The van der Waals surface area contributed by atoms with Gasteiger partial charge in [0.2, 0.25) is 0 Å². The molecule has 0 bridgehead atoms. The first-order valence-corrected chi connectivity index (χ1v) is 4.52. The minimum absolute atomic E-state index is 0.817. The third-order valence-electron chi connectivity index (χ3n) is 0.859. The van der Waals surface area contributed by atoms with Crippen molar-refractivity contribution in [3.63, 3.8) is 0 Å². The lowest BCUT2D eigenvalue weighted by molar-refractivity contribution is 0.856. The maximum Gasteiger partial charge on any atom is -0.00743 e. The van der Waals surface area contributed by atoms with Crippen molar-refractivity contribution in [2.75, 3.05) is 13.2 Å². The molecule has 0 rings (SSSR count). The molecule has 0 spiro atoms. The van der Waals surface area contributed by atoms with E-state index in [0.29, 0.717) is 0 Å². The summed E-state index contributed by atoms with van der Waals surface area (Å²) in [5, 5.41) is 0. The molecular formula is C6H14NP.